The van der Waals surface area contributed by atoms with E-state index in [1.165, 1.54) is 78.6 Å². The Kier molecular flexibility index (Phi) is 3.88. The van der Waals surface area contributed by atoms with Gasteiger partial charge in [0.25, 0.3) is 0 Å². The highest BCUT2D eigenvalue weighted by molar-refractivity contribution is 7.27. The third kappa shape index (κ3) is 2.58. The van der Waals surface area contributed by atoms with Crippen LogP contribution in [0.1, 0.15) is 0 Å². The van der Waals surface area contributed by atoms with Gasteiger partial charge in [0.1, 0.15) is 0 Å². The van der Waals surface area contributed by atoms with Gasteiger partial charge in [-0.3, -0.25) is 0 Å². The predicted molar refractivity (Wildman–Crippen MR) is 164 cm³/mol. The van der Waals surface area contributed by atoms with Gasteiger partial charge >= 0.3 is 0 Å². The van der Waals surface area contributed by atoms with E-state index in [9.17, 15) is 0 Å². The molecule has 0 spiro atoms. The minimum Gasteiger partial charge on any atom is -0.308 e. The molecule has 0 radical (unpaired) electrons. The summed E-state index contributed by atoms with van der Waals surface area (Å²) in [6.45, 7) is 0. The third-order valence-corrected chi connectivity index (χ3v) is 10.1. The van der Waals surface area contributed by atoms with E-state index in [0.29, 0.717) is 0 Å². The topological polar surface area (TPSA) is 4.93 Å². The van der Waals surface area contributed by atoms with Crippen LogP contribution in [0.5, 0.6) is 0 Å². The van der Waals surface area contributed by atoms with Crippen LogP contribution in [0.25, 0.3) is 78.6 Å². The Hall–Kier alpha value is -4.18. The molecule has 0 saturated heterocycles. The van der Waals surface area contributed by atoms with Gasteiger partial charge in [-0.2, -0.15) is 0 Å². The molecule has 0 unspecified atom stereocenters. The number of hydrogen-bond acceptors (Lipinski definition) is 2. The molecule has 37 heavy (non-hydrogen) atoms. The molecule has 0 fully saturated rings. The van der Waals surface area contributed by atoms with Gasteiger partial charge in [-0.1, -0.05) is 78.9 Å². The summed E-state index contributed by atoms with van der Waals surface area (Å²) in [4.78, 5) is 0. The summed E-state index contributed by atoms with van der Waals surface area (Å²) in [5.41, 5.74) is 3.79. The average molecular weight is 506 g/mol. The maximum atomic E-state index is 2.51. The van der Waals surface area contributed by atoms with Crippen LogP contribution in [0.2, 0.25) is 0 Å². The van der Waals surface area contributed by atoms with Crippen molar-refractivity contribution in [2.24, 2.45) is 0 Å². The van der Waals surface area contributed by atoms with Crippen molar-refractivity contribution in [3.05, 3.63) is 115 Å². The fourth-order valence-electron chi connectivity index (χ4n) is 6.25. The molecule has 0 aliphatic rings. The maximum Gasteiger partial charge on any atom is 0.0726 e. The molecular formula is C34H19NS2. The molecule has 9 rings (SSSR count). The number of fused-ring (bicyclic) bond motifs is 13. The SMILES string of the molecule is c1ccc2c(c1)sc1ccc(-n3c4ccccc4c4c5ccccc5c5c6ccccc6sc5c43)cc12. The van der Waals surface area contributed by atoms with Crippen LogP contribution in [0.4, 0.5) is 0 Å². The highest BCUT2D eigenvalue weighted by Crippen LogP contribution is 2.48. The van der Waals surface area contributed by atoms with Crippen molar-refractivity contribution < 1.29 is 0 Å². The summed E-state index contributed by atoms with van der Waals surface area (Å²) in [7, 11) is 0. The third-order valence-electron chi connectivity index (χ3n) is 7.77. The van der Waals surface area contributed by atoms with Crippen LogP contribution in [0.15, 0.2) is 115 Å². The first-order valence-electron chi connectivity index (χ1n) is 12.5. The smallest absolute Gasteiger partial charge is 0.0726 e. The molecule has 0 aliphatic carbocycles. The van der Waals surface area contributed by atoms with Gasteiger partial charge in [0.05, 0.1) is 15.7 Å². The normalized spacial score (nSPS) is 12.3. The molecule has 1 nitrogen and oxygen atoms in total. The molecule has 9 aromatic rings. The lowest BCUT2D eigenvalue weighted by molar-refractivity contribution is 1.20. The number of aromatic nitrogens is 1. The second-order valence-electron chi connectivity index (χ2n) is 9.70. The lowest BCUT2D eigenvalue weighted by Gasteiger charge is -2.10. The van der Waals surface area contributed by atoms with Crippen LogP contribution >= 0.6 is 22.7 Å². The monoisotopic (exact) mass is 505 g/mol. The minimum absolute atomic E-state index is 1.22. The first-order valence-corrected chi connectivity index (χ1v) is 14.2. The first kappa shape index (κ1) is 19.9. The fourth-order valence-corrected chi connectivity index (χ4v) is 8.59. The van der Waals surface area contributed by atoms with Gasteiger partial charge in [0.15, 0.2) is 0 Å². The Bertz CT molecular complexity index is 2360. The first-order chi connectivity index (χ1) is 18.4. The Balaban J connectivity index is 1.55. The van der Waals surface area contributed by atoms with Gasteiger partial charge < -0.3 is 4.57 Å². The van der Waals surface area contributed by atoms with Crippen molar-refractivity contribution in [3.63, 3.8) is 0 Å². The Morgan fingerprint density at radius 2 is 1.03 bits per heavy atom. The van der Waals surface area contributed by atoms with E-state index in [-0.39, 0.29) is 0 Å². The zero-order chi connectivity index (χ0) is 24.1. The standard InChI is InChI=1S/C34H19NS2/c1-2-11-23-22(10-1)31-24-12-3-6-14-27(24)35(33(31)34-32(23)25-13-5-8-16-29(25)37-34)20-17-18-30-26(19-20)21-9-4-7-15-28(21)36-30/h1-19H. The van der Waals surface area contributed by atoms with E-state index in [2.05, 4.69) is 120 Å². The summed E-state index contributed by atoms with van der Waals surface area (Å²) < 4.78 is 7.89. The number of rotatable bonds is 1. The number of nitrogens with zero attached hydrogens (tertiary/aromatic N) is 1. The average Bonchev–Trinajstić information content (AvgIpc) is 3.62. The number of benzene rings is 6. The molecule has 6 aromatic carbocycles. The summed E-state index contributed by atoms with van der Waals surface area (Å²) in [5, 5.41) is 10.7. The summed E-state index contributed by atoms with van der Waals surface area (Å²) in [6.07, 6.45) is 0. The molecule has 0 amide bonds. The van der Waals surface area contributed by atoms with Gasteiger partial charge in [-0.15, -0.1) is 22.7 Å². The van der Waals surface area contributed by atoms with Crippen LogP contribution in [-0.2, 0) is 0 Å². The highest BCUT2D eigenvalue weighted by atomic mass is 32.1. The van der Waals surface area contributed by atoms with E-state index < -0.39 is 0 Å². The van der Waals surface area contributed by atoms with E-state index >= 15 is 0 Å². The molecule has 0 N–H and O–H groups in total. The quantitative estimate of drug-likeness (QED) is 0.209. The van der Waals surface area contributed by atoms with Gasteiger partial charge in [-0.05, 0) is 47.2 Å². The molecule has 0 bridgehead atoms. The van der Waals surface area contributed by atoms with Crippen molar-refractivity contribution in [2.45, 2.75) is 0 Å². The molecule has 172 valence electrons. The lowest BCUT2D eigenvalue weighted by atomic mass is 9.99. The van der Waals surface area contributed by atoms with Crippen molar-refractivity contribution in [1.82, 2.24) is 4.57 Å². The molecule has 0 atom stereocenters. The Morgan fingerprint density at radius 3 is 1.84 bits per heavy atom. The van der Waals surface area contributed by atoms with Crippen molar-refractivity contribution >= 4 is 95.6 Å². The second-order valence-corrected chi connectivity index (χ2v) is 11.8. The lowest BCUT2D eigenvalue weighted by Crippen LogP contribution is -1.93. The van der Waals surface area contributed by atoms with Gasteiger partial charge in [-0.25, -0.2) is 0 Å². The molecule has 3 heteroatoms. The molecule has 3 aromatic heterocycles. The maximum absolute atomic E-state index is 2.51. The van der Waals surface area contributed by atoms with Crippen molar-refractivity contribution in [3.8, 4) is 5.69 Å². The molecule has 3 heterocycles. The molecule has 0 aliphatic heterocycles. The highest BCUT2D eigenvalue weighted by Gasteiger charge is 2.21. The van der Waals surface area contributed by atoms with E-state index in [4.69, 9.17) is 0 Å². The van der Waals surface area contributed by atoms with Gasteiger partial charge in [0.2, 0.25) is 0 Å². The fraction of sp³-hybridized carbons (Fsp3) is 0. The molecular weight excluding hydrogens is 487 g/mol. The van der Waals surface area contributed by atoms with E-state index in [1.54, 1.807) is 0 Å². The minimum atomic E-state index is 1.22. The molecule has 0 saturated carbocycles. The van der Waals surface area contributed by atoms with Crippen molar-refractivity contribution in [1.29, 1.82) is 0 Å². The summed E-state index contributed by atoms with van der Waals surface area (Å²) in [6, 6.07) is 42.5. The zero-order valence-electron chi connectivity index (χ0n) is 19.7. The van der Waals surface area contributed by atoms with E-state index in [1.807, 2.05) is 22.7 Å². The summed E-state index contributed by atoms with van der Waals surface area (Å²) >= 11 is 3.79. The Morgan fingerprint density at radius 1 is 0.432 bits per heavy atom. The van der Waals surface area contributed by atoms with Crippen LogP contribution < -0.4 is 0 Å². The number of hydrogen-bond donors (Lipinski definition) is 0. The Labute approximate surface area is 220 Å². The van der Waals surface area contributed by atoms with Crippen LogP contribution in [0, 0.1) is 0 Å². The largest absolute Gasteiger partial charge is 0.308 e. The summed E-state index contributed by atoms with van der Waals surface area (Å²) in [5.74, 6) is 0. The number of para-hydroxylation sites is 1. The van der Waals surface area contributed by atoms with Gasteiger partial charge in [0, 0.05) is 52.1 Å². The predicted octanol–water partition coefficient (Wildman–Crippen LogP) is 10.7. The van der Waals surface area contributed by atoms with E-state index in [0.717, 1.165) is 0 Å². The number of thiophene rings is 2. The van der Waals surface area contributed by atoms with Crippen LogP contribution in [0.3, 0.4) is 0 Å². The zero-order valence-corrected chi connectivity index (χ0v) is 21.4. The van der Waals surface area contributed by atoms with Crippen molar-refractivity contribution in [2.75, 3.05) is 0 Å². The van der Waals surface area contributed by atoms with Crippen LogP contribution in [-0.4, -0.2) is 4.57 Å². The second kappa shape index (κ2) is 7.19.